The van der Waals surface area contributed by atoms with Crippen molar-refractivity contribution in [1.29, 1.82) is 0 Å². The van der Waals surface area contributed by atoms with E-state index in [1.54, 1.807) is 0 Å². The number of nitrogens with one attached hydrogen (secondary N) is 1. The average molecular weight is 357 g/mol. The lowest BCUT2D eigenvalue weighted by atomic mass is 10.1. The number of ether oxygens (including phenoxy) is 1. The largest absolute Gasteiger partial charge is 0.491 e. The van der Waals surface area contributed by atoms with E-state index in [-0.39, 0.29) is 23.8 Å². The third-order valence-corrected chi connectivity index (χ3v) is 4.16. The van der Waals surface area contributed by atoms with Gasteiger partial charge < -0.3 is 10.1 Å². The van der Waals surface area contributed by atoms with Crippen molar-refractivity contribution < 1.29 is 22.7 Å². The molecule has 1 N–H and O–H groups in total. The molecule has 1 amide bonds. The van der Waals surface area contributed by atoms with Crippen molar-refractivity contribution in [3.63, 3.8) is 0 Å². The van der Waals surface area contributed by atoms with Crippen LogP contribution in [0.5, 0.6) is 5.75 Å². The van der Waals surface area contributed by atoms with Gasteiger partial charge in [-0.05, 0) is 42.5 Å². The molecule has 0 bridgehead atoms. The Kier molecular flexibility index (Phi) is 6.25. The zero-order valence-electron chi connectivity index (χ0n) is 13.2. The number of hydrogen-bond acceptors (Lipinski definition) is 3. The Labute approximate surface area is 142 Å². The van der Waals surface area contributed by atoms with Crippen LogP contribution in [0, 0.1) is 0 Å². The van der Waals surface area contributed by atoms with Gasteiger partial charge >= 0.3 is 6.18 Å². The van der Waals surface area contributed by atoms with Crippen molar-refractivity contribution >= 4 is 22.9 Å². The van der Waals surface area contributed by atoms with Gasteiger partial charge in [0.2, 0.25) is 5.91 Å². The van der Waals surface area contributed by atoms with Crippen molar-refractivity contribution in [2.24, 2.45) is 0 Å². The van der Waals surface area contributed by atoms with Gasteiger partial charge in [0, 0.05) is 11.3 Å². The normalized spacial score (nSPS) is 11.3. The third-order valence-electron chi connectivity index (χ3n) is 3.22. The molecule has 3 nitrogen and oxygen atoms in total. The van der Waals surface area contributed by atoms with E-state index in [0.717, 1.165) is 17.0 Å². The number of amides is 1. The van der Waals surface area contributed by atoms with Crippen molar-refractivity contribution in [2.75, 3.05) is 11.9 Å². The molecule has 0 aliphatic carbocycles. The molecular weight excluding hydrogens is 339 g/mol. The molecule has 0 saturated heterocycles. The summed E-state index contributed by atoms with van der Waals surface area (Å²) in [6.45, 7) is 2.26. The van der Waals surface area contributed by atoms with Crippen LogP contribution in [-0.2, 0) is 17.4 Å². The van der Waals surface area contributed by atoms with E-state index in [2.05, 4.69) is 5.32 Å². The summed E-state index contributed by atoms with van der Waals surface area (Å²) in [5, 5.41) is 4.45. The minimum atomic E-state index is -4.47. The first kappa shape index (κ1) is 18.3. The van der Waals surface area contributed by atoms with Crippen LogP contribution in [0.1, 0.15) is 30.2 Å². The highest BCUT2D eigenvalue weighted by Crippen LogP contribution is 2.35. The molecule has 0 fully saturated rings. The maximum atomic E-state index is 12.9. The molecule has 0 spiro atoms. The van der Waals surface area contributed by atoms with Gasteiger partial charge in [-0.15, -0.1) is 11.3 Å². The Morgan fingerprint density at radius 2 is 2.08 bits per heavy atom. The van der Waals surface area contributed by atoms with E-state index in [1.807, 2.05) is 24.4 Å². The Hall–Kier alpha value is -2.02. The number of rotatable bonds is 7. The summed E-state index contributed by atoms with van der Waals surface area (Å²) in [5.41, 5.74) is -0.769. The van der Waals surface area contributed by atoms with Crippen LogP contribution in [0.2, 0.25) is 0 Å². The number of aryl methyl sites for hydroxylation is 1. The molecule has 0 saturated carbocycles. The molecule has 2 aromatic rings. The van der Waals surface area contributed by atoms with Gasteiger partial charge in [0.1, 0.15) is 5.75 Å². The number of thiophene rings is 1. The molecule has 0 aliphatic heterocycles. The number of carbonyl (C=O) groups excluding carboxylic acids is 1. The summed E-state index contributed by atoms with van der Waals surface area (Å²) in [6.07, 6.45) is -3.01. The fourth-order valence-corrected chi connectivity index (χ4v) is 2.76. The number of halogens is 3. The Bertz CT molecular complexity index is 669. The lowest BCUT2D eigenvalue weighted by Gasteiger charge is -2.15. The van der Waals surface area contributed by atoms with E-state index < -0.39 is 11.7 Å². The van der Waals surface area contributed by atoms with E-state index >= 15 is 0 Å². The second kappa shape index (κ2) is 8.19. The molecule has 0 aliphatic rings. The number of carbonyl (C=O) groups is 1. The van der Waals surface area contributed by atoms with E-state index in [9.17, 15) is 18.0 Å². The Morgan fingerprint density at radius 3 is 2.71 bits per heavy atom. The van der Waals surface area contributed by atoms with Crippen LogP contribution >= 0.6 is 11.3 Å². The minimum Gasteiger partial charge on any atom is -0.491 e. The number of alkyl halides is 3. The Morgan fingerprint density at radius 1 is 1.29 bits per heavy atom. The van der Waals surface area contributed by atoms with Gasteiger partial charge in [-0.2, -0.15) is 13.2 Å². The predicted molar refractivity (Wildman–Crippen MR) is 88.5 cm³/mol. The maximum absolute atomic E-state index is 12.9. The fourth-order valence-electron chi connectivity index (χ4n) is 2.05. The second-order valence-corrected chi connectivity index (χ2v) is 6.22. The topological polar surface area (TPSA) is 38.3 Å². The number of hydrogen-bond donors (Lipinski definition) is 1. The molecule has 0 unspecified atom stereocenters. The highest BCUT2D eigenvalue weighted by Gasteiger charge is 2.31. The first-order valence-electron chi connectivity index (χ1n) is 7.56. The lowest BCUT2D eigenvalue weighted by molar-refractivity contribution is -0.137. The highest BCUT2D eigenvalue weighted by atomic mass is 32.1. The monoisotopic (exact) mass is 357 g/mol. The van der Waals surface area contributed by atoms with Crippen molar-refractivity contribution in [2.45, 2.75) is 32.4 Å². The smallest absolute Gasteiger partial charge is 0.416 e. The van der Waals surface area contributed by atoms with Crippen LogP contribution < -0.4 is 10.1 Å². The summed E-state index contributed by atoms with van der Waals surface area (Å²) in [4.78, 5) is 13.1. The third kappa shape index (κ3) is 5.26. The fraction of sp³-hybridized carbons (Fsp3) is 0.353. The van der Waals surface area contributed by atoms with Gasteiger partial charge in [0.15, 0.2) is 0 Å². The SMILES string of the molecule is CCCOc1ccc(C(F)(F)F)cc1NC(=O)CCc1cccs1. The molecule has 1 aromatic heterocycles. The molecule has 2 rings (SSSR count). The van der Waals surface area contributed by atoms with Crippen LogP contribution in [-0.4, -0.2) is 12.5 Å². The molecule has 130 valence electrons. The van der Waals surface area contributed by atoms with Gasteiger partial charge in [-0.25, -0.2) is 0 Å². The van der Waals surface area contributed by atoms with E-state index in [1.165, 1.54) is 17.4 Å². The maximum Gasteiger partial charge on any atom is 0.416 e. The average Bonchev–Trinajstić information content (AvgIpc) is 3.04. The molecule has 0 atom stereocenters. The lowest BCUT2D eigenvalue weighted by Crippen LogP contribution is -2.15. The standard InChI is InChI=1S/C17H18F3NO2S/c1-2-9-23-15-7-5-12(17(18,19)20)11-14(15)21-16(22)8-6-13-4-3-10-24-13/h3-5,7,10-11H,2,6,8-9H2,1H3,(H,21,22). The second-order valence-electron chi connectivity index (χ2n) is 5.18. The van der Waals surface area contributed by atoms with Crippen molar-refractivity contribution in [1.82, 2.24) is 0 Å². The molecule has 0 radical (unpaired) electrons. The Balaban J connectivity index is 2.10. The summed E-state index contributed by atoms with van der Waals surface area (Å²) in [6, 6.07) is 6.91. The number of anilines is 1. The zero-order valence-corrected chi connectivity index (χ0v) is 14.0. The highest BCUT2D eigenvalue weighted by molar-refractivity contribution is 7.09. The molecule has 24 heavy (non-hydrogen) atoms. The van der Waals surface area contributed by atoms with Gasteiger partial charge in [-0.3, -0.25) is 4.79 Å². The van der Waals surface area contributed by atoms with Crippen molar-refractivity contribution in [3.05, 3.63) is 46.2 Å². The van der Waals surface area contributed by atoms with Crippen LogP contribution in [0.25, 0.3) is 0 Å². The van der Waals surface area contributed by atoms with Crippen LogP contribution in [0.3, 0.4) is 0 Å². The number of benzene rings is 1. The summed E-state index contributed by atoms with van der Waals surface area (Å²) in [5.74, 6) is -0.0987. The first-order chi connectivity index (χ1) is 11.4. The van der Waals surface area contributed by atoms with E-state index in [4.69, 9.17) is 4.74 Å². The van der Waals surface area contributed by atoms with Crippen molar-refractivity contribution in [3.8, 4) is 5.75 Å². The first-order valence-corrected chi connectivity index (χ1v) is 8.44. The quantitative estimate of drug-likeness (QED) is 0.746. The van der Waals surface area contributed by atoms with Gasteiger partial charge in [-0.1, -0.05) is 13.0 Å². The summed E-state index contributed by atoms with van der Waals surface area (Å²) in [7, 11) is 0. The molecule has 1 heterocycles. The van der Waals surface area contributed by atoms with Crippen LogP contribution in [0.4, 0.5) is 18.9 Å². The summed E-state index contributed by atoms with van der Waals surface area (Å²) < 4.78 is 44.0. The van der Waals surface area contributed by atoms with Gasteiger partial charge in [0.25, 0.3) is 0 Å². The summed E-state index contributed by atoms with van der Waals surface area (Å²) >= 11 is 1.54. The molecule has 1 aromatic carbocycles. The zero-order chi connectivity index (χ0) is 17.6. The van der Waals surface area contributed by atoms with E-state index in [0.29, 0.717) is 19.4 Å². The minimum absolute atomic E-state index is 0.0504. The predicted octanol–water partition coefficient (Wildman–Crippen LogP) is 5.13. The molecule has 7 heteroatoms. The van der Waals surface area contributed by atoms with Crippen LogP contribution in [0.15, 0.2) is 35.7 Å². The molecular formula is C17H18F3NO2S. The van der Waals surface area contributed by atoms with Gasteiger partial charge in [0.05, 0.1) is 17.9 Å².